The van der Waals surface area contributed by atoms with Gasteiger partial charge in [-0.1, -0.05) is 6.07 Å². The topological polar surface area (TPSA) is 22.4 Å². The van der Waals surface area contributed by atoms with Crippen LogP contribution >= 0.6 is 0 Å². The molecule has 2 aromatic rings. The highest BCUT2D eigenvalue weighted by Crippen LogP contribution is 2.47. The van der Waals surface area contributed by atoms with Crippen molar-refractivity contribution < 1.29 is 17.9 Å². The second-order valence-electron chi connectivity index (χ2n) is 7.10. The van der Waals surface area contributed by atoms with Crippen molar-refractivity contribution in [2.24, 2.45) is 5.92 Å². The maximum Gasteiger partial charge on any atom is 0.296 e. The average Bonchev–Trinajstić information content (AvgIpc) is 3.16. The second kappa shape index (κ2) is 5.88. The lowest BCUT2D eigenvalue weighted by Gasteiger charge is -2.45. The minimum atomic E-state index is -0.902. The van der Waals surface area contributed by atoms with Gasteiger partial charge in [-0.25, -0.2) is 4.39 Å². The molecule has 3 nitrogen and oxygen atoms in total. The first kappa shape index (κ1) is 15.6. The summed E-state index contributed by atoms with van der Waals surface area (Å²) in [5.74, 6) is -0.470. The Hall–Kier alpha value is -1.88. The average molecular weight is 334 g/mol. The number of furan rings is 1. The molecule has 0 spiro atoms. The fourth-order valence-corrected chi connectivity index (χ4v) is 4.73. The van der Waals surface area contributed by atoms with Crippen LogP contribution in [-0.2, 0) is 0 Å². The Morgan fingerprint density at radius 3 is 2.75 bits per heavy atom. The standard InChI is InChI=1S/C19H22F2NO2/c1-22(18-6-3-11-23-18)14-8-7-13(16(22)10-9-14)12-24-17-5-2-4-15(20)19(17)21/h2-6,11,13-14,16H,7-10,12H2,1H3/q+1/t13-,14?,16?,22?/m0/s1. The fourth-order valence-electron chi connectivity index (χ4n) is 4.73. The molecule has 2 bridgehead atoms. The molecule has 0 saturated carbocycles. The van der Waals surface area contributed by atoms with Gasteiger partial charge in [0.25, 0.3) is 5.88 Å². The van der Waals surface area contributed by atoms with E-state index in [1.165, 1.54) is 18.6 Å². The predicted molar refractivity (Wildman–Crippen MR) is 87.8 cm³/mol. The normalized spacial score (nSPS) is 32.0. The summed E-state index contributed by atoms with van der Waals surface area (Å²) in [6.45, 7) is 0.409. The molecule has 0 N–H and O–H groups in total. The zero-order valence-electron chi connectivity index (χ0n) is 13.8. The van der Waals surface area contributed by atoms with E-state index in [-0.39, 0.29) is 5.75 Å². The van der Waals surface area contributed by atoms with Crippen LogP contribution in [0.2, 0.25) is 0 Å². The molecule has 4 rings (SSSR count). The van der Waals surface area contributed by atoms with Crippen molar-refractivity contribution in [3.05, 3.63) is 48.2 Å². The molecule has 0 aliphatic carbocycles. The lowest BCUT2D eigenvalue weighted by molar-refractivity contribution is 0.0733. The van der Waals surface area contributed by atoms with Gasteiger partial charge in [0, 0.05) is 31.2 Å². The lowest BCUT2D eigenvalue weighted by atomic mass is 9.88. The Labute approximate surface area is 140 Å². The van der Waals surface area contributed by atoms with Gasteiger partial charge in [-0.3, -0.25) is 4.48 Å². The summed E-state index contributed by atoms with van der Waals surface area (Å²) in [4.78, 5) is 0. The zero-order valence-corrected chi connectivity index (χ0v) is 13.8. The molecule has 2 aliphatic rings. The van der Waals surface area contributed by atoms with Crippen LogP contribution in [0.15, 0.2) is 41.0 Å². The highest BCUT2D eigenvalue weighted by atomic mass is 19.2. The van der Waals surface area contributed by atoms with Gasteiger partial charge in [-0.15, -0.1) is 0 Å². The van der Waals surface area contributed by atoms with Gasteiger partial charge in [0.15, 0.2) is 11.6 Å². The summed E-state index contributed by atoms with van der Waals surface area (Å²) in [6, 6.07) is 9.01. The van der Waals surface area contributed by atoms with Crippen molar-refractivity contribution in [1.29, 1.82) is 0 Å². The number of piperidine rings is 1. The van der Waals surface area contributed by atoms with E-state index in [9.17, 15) is 8.78 Å². The molecule has 24 heavy (non-hydrogen) atoms. The molecule has 0 radical (unpaired) electrons. The van der Waals surface area contributed by atoms with E-state index in [4.69, 9.17) is 9.15 Å². The van der Waals surface area contributed by atoms with Gasteiger partial charge in [0.1, 0.15) is 6.04 Å². The first-order chi connectivity index (χ1) is 11.6. The Morgan fingerprint density at radius 2 is 1.96 bits per heavy atom. The van der Waals surface area contributed by atoms with Gasteiger partial charge < -0.3 is 9.15 Å². The number of hydrogen-bond donors (Lipinski definition) is 0. The molecule has 128 valence electrons. The van der Waals surface area contributed by atoms with Gasteiger partial charge in [-0.05, 0) is 24.6 Å². The molecule has 2 aliphatic heterocycles. The van der Waals surface area contributed by atoms with Crippen LogP contribution < -0.4 is 9.22 Å². The number of rotatable bonds is 4. The summed E-state index contributed by atoms with van der Waals surface area (Å²) in [5.41, 5.74) is 0. The molecule has 3 unspecified atom stereocenters. The zero-order chi connectivity index (χ0) is 16.7. The summed E-state index contributed by atoms with van der Waals surface area (Å²) >= 11 is 0. The van der Waals surface area contributed by atoms with Crippen molar-refractivity contribution in [1.82, 2.24) is 4.48 Å². The minimum Gasteiger partial charge on any atom is -0.490 e. The van der Waals surface area contributed by atoms with E-state index in [1.807, 2.05) is 12.1 Å². The molecular formula is C19H22F2NO2+. The molecule has 1 aromatic carbocycles. The van der Waals surface area contributed by atoms with Crippen LogP contribution in [0.4, 0.5) is 14.7 Å². The molecule has 3 heterocycles. The van der Waals surface area contributed by atoms with Gasteiger partial charge in [0.2, 0.25) is 5.82 Å². The van der Waals surface area contributed by atoms with Crippen molar-refractivity contribution in [3.63, 3.8) is 0 Å². The number of benzene rings is 1. The van der Waals surface area contributed by atoms with Crippen molar-refractivity contribution in [2.75, 3.05) is 13.7 Å². The van der Waals surface area contributed by atoms with Crippen LogP contribution in [0.25, 0.3) is 0 Å². The third kappa shape index (κ3) is 2.34. The van der Waals surface area contributed by atoms with E-state index in [0.29, 0.717) is 24.6 Å². The number of halogens is 2. The van der Waals surface area contributed by atoms with E-state index >= 15 is 0 Å². The third-order valence-electron chi connectivity index (χ3n) is 6.01. The highest BCUT2D eigenvalue weighted by molar-refractivity contribution is 5.36. The van der Waals surface area contributed by atoms with E-state index in [1.54, 1.807) is 6.26 Å². The molecule has 5 heteroatoms. The number of ether oxygens (including phenoxy) is 1. The molecule has 2 saturated heterocycles. The Morgan fingerprint density at radius 1 is 1.12 bits per heavy atom. The SMILES string of the molecule is C[N+]1(c2ccco2)C2CCC1[C@H](COc1cccc(F)c1F)CC2. The quantitative estimate of drug-likeness (QED) is 0.767. The first-order valence-corrected chi connectivity index (χ1v) is 8.57. The maximum absolute atomic E-state index is 13.8. The van der Waals surface area contributed by atoms with Crippen molar-refractivity contribution >= 4 is 5.88 Å². The third-order valence-corrected chi connectivity index (χ3v) is 6.01. The number of quaternary nitrogens is 1. The molecule has 4 atom stereocenters. The van der Waals surface area contributed by atoms with Gasteiger partial charge >= 0.3 is 0 Å². The molecular weight excluding hydrogens is 312 g/mol. The van der Waals surface area contributed by atoms with Crippen molar-refractivity contribution in [3.8, 4) is 5.75 Å². The Balaban J connectivity index is 1.53. The van der Waals surface area contributed by atoms with Crippen LogP contribution in [0, 0.1) is 17.6 Å². The van der Waals surface area contributed by atoms with E-state index < -0.39 is 11.6 Å². The van der Waals surface area contributed by atoms with Crippen LogP contribution in [0.5, 0.6) is 5.75 Å². The largest absolute Gasteiger partial charge is 0.490 e. The predicted octanol–water partition coefficient (Wildman–Crippen LogP) is 4.51. The maximum atomic E-state index is 13.8. The second-order valence-corrected chi connectivity index (χ2v) is 7.10. The monoisotopic (exact) mass is 334 g/mol. The lowest BCUT2D eigenvalue weighted by Crippen LogP contribution is -2.61. The molecule has 0 amide bonds. The molecule has 2 fully saturated rings. The number of fused-ring (bicyclic) bond motifs is 2. The summed E-state index contributed by atoms with van der Waals surface area (Å²) in [5, 5.41) is 0. The molecule has 1 aromatic heterocycles. The van der Waals surface area contributed by atoms with Gasteiger partial charge in [0.05, 0.1) is 26.0 Å². The summed E-state index contributed by atoms with van der Waals surface area (Å²) in [6.07, 6.45) is 6.17. The van der Waals surface area contributed by atoms with Crippen LogP contribution in [-0.4, -0.2) is 25.7 Å². The van der Waals surface area contributed by atoms with E-state index in [0.717, 1.165) is 35.7 Å². The van der Waals surface area contributed by atoms with Gasteiger partial charge in [-0.2, -0.15) is 4.39 Å². The fraction of sp³-hybridized carbons (Fsp3) is 0.474. The van der Waals surface area contributed by atoms with E-state index in [2.05, 4.69) is 7.05 Å². The van der Waals surface area contributed by atoms with Crippen LogP contribution in [0.3, 0.4) is 0 Å². The smallest absolute Gasteiger partial charge is 0.296 e. The number of hydrogen-bond acceptors (Lipinski definition) is 2. The van der Waals surface area contributed by atoms with Crippen LogP contribution in [0.1, 0.15) is 25.7 Å². The Bertz CT molecular complexity index is 718. The summed E-state index contributed by atoms with van der Waals surface area (Å²) in [7, 11) is 2.23. The minimum absolute atomic E-state index is 0.00215. The first-order valence-electron chi connectivity index (χ1n) is 8.57. The number of nitrogens with zero attached hydrogens (tertiary/aromatic N) is 1. The Kier molecular flexibility index (Phi) is 3.83. The highest BCUT2D eigenvalue weighted by Gasteiger charge is 2.55. The summed E-state index contributed by atoms with van der Waals surface area (Å²) < 4.78 is 39.3. The van der Waals surface area contributed by atoms with Crippen molar-refractivity contribution in [2.45, 2.75) is 37.8 Å².